The number of halogens is 1. The van der Waals surface area contributed by atoms with Gasteiger partial charge in [-0.1, -0.05) is 0 Å². The highest BCUT2D eigenvalue weighted by Gasteiger charge is 2.05. The summed E-state index contributed by atoms with van der Waals surface area (Å²) in [4.78, 5) is 18.3. The monoisotopic (exact) mass is 226 g/mol. The van der Waals surface area contributed by atoms with Crippen molar-refractivity contribution in [3.05, 3.63) is 36.5 Å². The van der Waals surface area contributed by atoms with Gasteiger partial charge in [-0.3, -0.25) is 0 Å². The van der Waals surface area contributed by atoms with Gasteiger partial charge >= 0.3 is 5.97 Å². The van der Waals surface area contributed by atoms with Crippen molar-refractivity contribution in [2.24, 2.45) is 0 Å². The lowest BCUT2D eigenvalue weighted by molar-refractivity contribution is 0.0696. The zero-order valence-corrected chi connectivity index (χ0v) is 8.26. The minimum absolute atomic E-state index is 0. The first kappa shape index (κ1) is 11.1. The second kappa shape index (κ2) is 4.52. The average molecular weight is 227 g/mol. The van der Waals surface area contributed by atoms with E-state index in [1.807, 2.05) is 0 Å². The van der Waals surface area contributed by atoms with Gasteiger partial charge < -0.3 is 5.11 Å². The Hall–Kier alpha value is -1.95. The van der Waals surface area contributed by atoms with Crippen molar-refractivity contribution in [1.82, 2.24) is 19.7 Å². The summed E-state index contributed by atoms with van der Waals surface area (Å²) in [5.41, 5.74) is 0.172. The third-order valence-corrected chi connectivity index (χ3v) is 1.65. The Bertz CT molecular complexity index is 457. The molecule has 0 atom stereocenters. The molecular weight excluding hydrogens is 220 g/mol. The number of hydrogen-bond acceptors (Lipinski definition) is 4. The molecule has 0 saturated carbocycles. The fraction of sp³-hybridized carbons (Fsp3) is 0. The summed E-state index contributed by atoms with van der Waals surface area (Å²) in [6.07, 6.45) is 4.23. The molecule has 7 heteroatoms. The van der Waals surface area contributed by atoms with Crippen molar-refractivity contribution in [2.45, 2.75) is 0 Å². The molecule has 0 spiro atoms. The molecule has 0 aliphatic heterocycles. The van der Waals surface area contributed by atoms with Crippen LogP contribution >= 0.6 is 12.4 Å². The van der Waals surface area contributed by atoms with Crippen molar-refractivity contribution < 1.29 is 9.90 Å². The SMILES string of the molecule is Cl.O=C(O)c1ccnc(-n2cncn2)c1. The molecule has 0 aliphatic rings. The number of carbonyl (C=O) groups is 1. The fourth-order valence-electron chi connectivity index (χ4n) is 1.00. The largest absolute Gasteiger partial charge is 0.478 e. The maximum Gasteiger partial charge on any atom is 0.335 e. The van der Waals surface area contributed by atoms with Crippen molar-refractivity contribution in [2.75, 3.05) is 0 Å². The van der Waals surface area contributed by atoms with Gasteiger partial charge in [0.25, 0.3) is 0 Å². The van der Waals surface area contributed by atoms with E-state index in [0.29, 0.717) is 5.82 Å². The van der Waals surface area contributed by atoms with Gasteiger partial charge in [-0.05, 0) is 12.1 Å². The molecule has 15 heavy (non-hydrogen) atoms. The van der Waals surface area contributed by atoms with E-state index >= 15 is 0 Å². The third kappa shape index (κ3) is 2.29. The molecule has 0 fully saturated rings. The lowest BCUT2D eigenvalue weighted by Gasteiger charge is -1.99. The average Bonchev–Trinajstić information content (AvgIpc) is 2.71. The van der Waals surface area contributed by atoms with Crippen molar-refractivity contribution in [3.63, 3.8) is 0 Å². The first-order valence-electron chi connectivity index (χ1n) is 3.82. The number of rotatable bonds is 2. The number of pyridine rings is 1. The van der Waals surface area contributed by atoms with Crippen LogP contribution < -0.4 is 0 Å². The molecule has 2 heterocycles. The standard InChI is InChI=1S/C8H6N4O2.ClH/c13-8(14)6-1-2-10-7(3-6)12-5-9-4-11-12;/h1-5H,(H,13,14);1H. The third-order valence-electron chi connectivity index (χ3n) is 1.65. The molecule has 0 bridgehead atoms. The van der Waals surface area contributed by atoms with E-state index in [1.165, 1.54) is 35.7 Å². The van der Waals surface area contributed by atoms with Gasteiger partial charge in [-0.25, -0.2) is 19.4 Å². The molecule has 2 aromatic heterocycles. The molecule has 0 unspecified atom stereocenters. The van der Waals surface area contributed by atoms with Gasteiger partial charge in [0.05, 0.1) is 5.56 Å². The topological polar surface area (TPSA) is 80.9 Å². The number of carboxylic acids is 1. The Kier molecular flexibility index (Phi) is 3.35. The zero-order chi connectivity index (χ0) is 9.97. The summed E-state index contributed by atoms with van der Waals surface area (Å²) in [6.45, 7) is 0. The van der Waals surface area contributed by atoms with Crippen LogP contribution in [-0.2, 0) is 0 Å². The van der Waals surface area contributed by atoms with E-state index in [9.17, 15) is 4.79 Å². The molecule has 0 saturated heterocycles. The van der Waals surface area contributed by atoms with E-state index < -0.39 is 5.97 Å². The van der Waals surface area contributed by atoms with Crippen LogP contribution in [0.3, 0.4) is 0 Å². The van der Waals surface area contributed by atoms with Crippen LogP contribution in [0.5, 0.6) is 0 Å². The number of hydrogen-bond donors (Lipinski definition) is 1. The van der Waals surface area contributed by atoms with Gasteiger partial charge in [0.15, 0.2) is 5.82 Å². The minimum Gasteiger partial charge on any atom is -0.478 e. The summed E-state index contributed by atoms with van der Waals surface area (Å²) in [7, 11) is 0. The van der Waals surface area contributed by atoms with Crippen LogP contribution in [0, 0.1) is 0 Å². The molecule has 0 radical (unpaired) electrons. The second-order valence-electron chi connectivity index (χ2n) is 2.55. The molecule has 2 rings (SSSR count). The Morgan fingerprint density at radius 2 is 2.27 bits per heavy atom. The second-order valence-corrected chi connectivity index (χ2v) is 2.55. The number of aromatic carboxylic acids is 1. The van der Waals surface area contributed by atoms with Crippen LogP contribution in [0.1, 0.15) is 10.4 Å². The van der Waals surface area contributed by atoms with Gasteiger partial charge in [0.1, 0.15) is 12.7 Å². The van der Waals surface area contributed by atoms with E-state index in [1.54, 1.807) is 0 Å². The number of carboxylic acid groups (broad SMARTS) is 1. The Balaban J connectivity index is 0.00000112. The van der Waals surface area contributed by atoms with Crippen LogP contribution in [-0.4, -0.2) is 30.8 Å². The molecule has 0 amide bonds. The molecule has 6 nitrogen and oxygen atoms in total. The number of aromatic nitrogens is 4. The van der Waals surface area contributed by atoms with Gasteiger partial charge in [-0.2, -0.15) is 5.10 Å². The Morgan fingerprint density at radius 1 is 1.47 bits per heavy atom. The summed E-state index contributed by atoms with van der Waals surface area (Å²) in [5, 5.41) is 12.6. The maximum absolute atomic E-state index is 10.6. The van der Waals surface area contributed by atoms with Crippen molar-refractivity contribution >= 4 is 18.4 Å². The molecule has 78 valence electrons. The number of nitrogens with zero attached hydrogens (tertiary/aromatic N) is 4. The highest BCUT2D eigenvalue weighted by atomic mass is 35.5. The molecule has 1 N–H and O–H groups in total. The predicted molar refractivity (Wildman–Crippen MR) is 53.4 cm³/mol. The Morgan fingerprint density at radius 3 is 2.87 bits per heavy atom. The van der Waals surface area contributed by atoms with Gasteiger partial charge in [0, 0.05) is 6.20 Å². The lowest BCUT2D eigenvalue weighted by atomic mass is 10.3. The van der Waals surface area contributed by atoms with Crippen LogP contribution in [0.4, 0.5) is 0 Å². The normalized spacial score (nSPS) is 9.33. The Labute approximate surface area is 91.0 Å². The van der Waals surface area contributed by atoms with Crippen LogP contribution in [0.25, 0.3) is 5.82 Å². The summed E-state index contributed by atoms with van der Waals surface area (Å²) in [5.74, 6) is -0.559. The lowest BCUT2D eigenvalue weighted by Crippen LogP contribution is -2.02. The van der Waals surface area contributed by atoms with E-state index in [-0.39, 0.29) is 18.0 Å². The first-order valence-corrected chi connectivity index (χ1v) is 3.82. The maximum atomic E-state index is 10.6. The fourth-order valence-corrected chi connectivity index (χ4v) is 1.00. The molecular formula is C8H7ClN4O2. The summed E-state index contributed by atoms with van der Waals surface area (Å²) in [6, 6.07) is 2.85. The minimum atomic E-state index is -0.992. The zero-order valence-electron chi connectivity index (χ0n) is 7.44. The van der Waals surface area contributed by atoms with Crippen LogP contribution in [0.15, 0.2) is 31.0 Å². The predicted octanol–water partition coefficient (Wildman–Crippen LogP) is 0.782. The smallest absolute Gasteiger partial charge is 0.335 e. The molecule has 0 aliphatic carbocycles. The first-order chi connectivity index (χ1) is 6.77. The molecule has 0 aromatic carbocycles. The van der Waals surface area contributed by atoms with E-state index in [2.05, 4.69) is 15.1 Å². The van der Waals surface area contributed by atoms with E-state index in [0.717, 1.165) is 0 Å². The summed E-state index contributed by atoms with van der Waals surface area (Å²) < 4.78 is 1.40. The highest BCUT2D eigenvalue weighted by molar-refractivity contribution is 5.87. The van der Waals surface area contributed by atoms with Gasteiger partial charge in [-0.15, -0.1) is 12.4 Å². The van der Waals surface area contributed by atoms with Crippen LogP contribution in [0.2, 0.25) is 0 Å². The quantitative estimate of drug-likeness (QED) is 0.819. The summed E-state index contributed by atoms with van der Waals surface area (Å²) >= 11 is 0. The molecule has 2 aromatic rings. The van der Waals surface area contributed by atoms with Gasteiger partial charge in [0.2, 0.25) is 0 Å². The highest BCUT2D eigenvalue weighted by Crippen LogP contribution is 2.04. The van der Waals surface area contributed by atoms with E-state index in [4.69, 9.17) is 5.11 Å². The van der Waals surface area contributed by atoms with Crippen molar-refractivity contribution in [1.29, 1.82) is 0 Å². The van der Waals surface area contributed by atoms with Crippen molar-refractivity contribution in [3.8, 4) is 5.82 Å².